The third-order valence-electron chi connectivity index (χ3n) is 4.34. The van der Waals surface area contributed by atoms with Crippen LogP contribution in [-0.4, -0.2) is 48.6 Å². The molecule has 4 nitrogen and oxygen atoms in total. The zero-order valence-electron chi connectivity index (χ0n) is 11.3. The Morgan fingerprint density at radius 3 is 2.53 bits per heavy atom. The molecule has 1 atom stereocenters. The van der Waals surface area contributed by atoms with Gasteiger partial charge in [0.25, 0.3) is 0 Å². The van der Waals surface area contributed by atoms with Gasteiger partial charge in [-0.3, -0.25) is 0 Å². The summed E-state index contributed by atoms with van der Waals surface area (Å²) in [5.74, 6) is 0.731. The summed E-state index contributed by atoms with van der Waals surface area (Å²) < 4.78 is 0. The van der Waals surface area contributed by atoms with Gasteiger partial charge < -0.3 is 15.5 Å². The SMILES string of the molecule is CN1C(=O)N(CC(C)(C)CN)CC1C1CCC1. The topological polar surface area (TPSA) is 49.6 Å². The molecule has 1 heterocycles. The molecule has 2 N–H and O–H groups in total. The quantitative estimate of drug-likeness (QED) is 0.808. The molecule has 17 heavy (non-hydrogen) atoms. The van der Waals surface area contributed by atoms with Gasteiger partial charge in [0.05, 0.1) is 6.04 Å². The molecule has 2 fully saturated rings. The van der Waals surface area contributed by atoms with Crippen LogP contribution in [-0.2, 0) is 0 Å². The second-order valence-corrected chi connectivity index (χ2v) is 6.40. The van der Waals surface area contributed by atoms with Crippen LogP contribution >= 0.6 is 0 Å². The zero-order valence-corrected chi connectivity index (χ0v) is 11.3. The maximum absolute atomic E-state index is 12.2. The summed E-state index contributed by atoms with van der Waals surface area (Å²) in [7, 11) is 1.95. The van der Waals surface area contributed by atoms with E-state index < -0.39 is 0 Å². The number of rotatable bonds is 4. The molecule has 1 aliphatic carbocycles. The fraction of sp³-hybridized carbons (Fsp3) is 0.923. The van der Waals surface area contributed by atoms with E-state index in [1.807, 2.05) is 16.8 Å². The van der Waals surface area contributed by atoms with Crippen molar-refractivity contribution in [3.63, 3.8) is 0 Å². The van der Waals surface area contributed by atoms with E-state index in [9.17, 15) is 4.79 Å². The lowest BCUT2D eigenvalue weighted by atomic mass is 9.79. The largest absolute Gasteiger partial charge is 0.330 e. The van der Waals surface area contributed by atoms with Crippen LogP contribution in [0.25, 0.3) is 0 Å². The Morgan fingerprint density at radius 1 is 1.41 bits per heavy atom. The molecule has 2 aliphatic rings. The second-order valence-electron chi connectivity index (χ2n) is 6.40. The molecule has 0 aromatic heterocycles. The molecule has 1 aliphatic heterocycles. The normalized spacial score (nSPS) is 26.6. The van der Waals surface area contributed by atoms with E-state index in [-0.39, 0.29) is 11.4 Å². The standard InChI is InChI=1S/C13H25N3O/c1-13(2,8-14)9-16-7-11(10-5-4-6-10)15(3)12(16)17/h10-11H,4-9,14H2,1-3H3. The number of hydrogen-bond acceptors (Lipinski definition) is 2. The van der Waals surface area contributed by atoms with Gasteiger partial charge >= 0.3 is 6.03 Å². The summed E-state index contributed by atoms with van der Waals surface area (Å²) >= 11 is 0. The van der Waals surface area contributed by atoms with Crippen LogP contribution in [0.4, 0.5) is 4.79 Å². The van der Waals surface area contributed by atoms with Gasteiger partial charge in [-0.2, -0.15) is 0 Å². The molecular formula is C13H25N3O. The summed E-state index contributed by atoms with van der Waals surface area (Å²) in [6, 6.07) is 0.619. The van der Waals surface area contributed by atoms with E-state index in [0.717, 1.165) is 19.0 Å². The molecule has 2 rings (SSSR count). The Balaban J connectivity index is 1.98. The lowest BCUT2D eigenvalue weighted by Crippen LogP contribution is -2.40. The third-order valence-corrected chi connectivity index (χ3v) is 4.34. The van der Waals surface area contributed by atoms with Gasteiger partial charge in [-0.15, -0.1) is 0 Å². The minimum atomic E-state index is 0.0189. The van der Waals surface area contributed by atoms with E-state index >= 15 is 0 Å². The number of amides is 2. The minimum Gasteiger partial charge on any atom is -0.330 e. The van der Waals surface area contributed by atoms with Crippen LogP contribution in [0.3, 0.4) is 0 Å². The molecule has 4 heteroatoms. The smallest absolute Gasteiger partial charge is 0.320 e. The minimum absolute atomic E-state index is 0.0189. The van der Waals surface area contributed by atoms with Gasteiger partial charge in [0.2, 0.25) is 0 Å². The number of likely N-dealkylation sites (N-methyl/N-ethyl adjacent to an activating group) is 1. The van der Waals surface area contributed by atoms with E-state index in [4.69, 9.17) is 5.73 Å². The first-order chi connectivity index (χ1) is 7.94. The van der Waals surface area contributed by atoms with Crippen molar-refractivity contribution >= 4 is 6.03 Å². The Morgan fingerprint density at radius 2 is 2.06 bits per heavy atom. The van der Waals surface area contributed by atoms with Crippen molar-refractivity contribution in [3.8, 4) is 0 Å². The average molecular weight is 239 g/mol. The first-order valence-electron chi connectivity index (χ1n) is 6.66. The molecule has 0 radical (unpaired) electrons. The van der Waals surface area contributed by atoms with Crippen molar-refractivity contribution in [3.05, 3.63) is 0 Å². The van der Waals surface area contributed by atoms with Crippen LogP contribution in [0.1, 0.15) is 33.1 Å². The van der Waals surface area contributed by atoms with Crippen molar-refractivity contribution in [2.75, 3.05) is 26.7 Å². The molecule has 0 spiro atoms. The third kappa shape index (κ3) is 2.41. The molecule has 2 amide bonds. The highest BCUT2D eigenvalue weighted by atomic mass is 16.2. The fourth-order valence-electron chi connectivity index (χ4n) is 2.79. The summed E-state index contributed by atoms with van der Waals surface area (Å²) in [5, 5.41) is 0. The van der Waals surface area contributed by atoms with Crippen LogP contribution < -0.4 is 5.73 Å². The molecule has 0 aromatic carbocycles. The Labute approximate surface area is 104 Å². The lowest BCUT2D eigenvalue weighted by Gasteiger charge is -2.34. The summed E-state index contributed by atoms with van der Waals surface area (Å²) in [6.07, 6.45) is 3.91. The van der Waals surface area contributed by atoms with E-state index in [1.54, 1.807) is 0 Å². The summed E-state index contributed by atoms with van der Waals surface area (Å²) in [6.45, 7) is 6.53. The van der Waals surface area contributed by atoms with Gasteiger partial charge in [0, 0.05) is 20.1 Å². The molecule has 0 bridgehead atoms. The maximum Gasteiger partial charge on any atom is 0.320 e. The lowest BCUT2D eigenvalue weighted by molar-refractivity contribution is 0.163. The van der Waals surface area contributed by atoms with Gasteiger partial charge in [0.15, 0.2) is 0 Å². The number of nitrogens with zero attached hydrogens (tertiary/aromatic N) is 2. The average Bonchev–Trinajstić information content (AvgIpc) is 2.44. The van der Waals surface area contributed by atoms with Gasteiger partial charge in [-0.25, -0.2) is 4.79 Å². The van der Waals surface area contributed by atoms with E-state index in [0.29, 0.717) is 12.6 Å². The van der Waals surface area contributed by atoms with Gasteiger partial charge in [-0.05, 0) is 30.7 Å². The van der Waals surface area contributed by atoms with Gasteiger partial charge in [0.1, 0.15) is 0 Å². The van der Waals surface area contributed by atoms with Crippen molar-refractivity contribution in [2.24, 2.45) is 17.1 Å². The van der Waals surface area contributed by atoms with E-state index in [2.05, 4.69) is 13.8 Å². The van der Waals surface area contributed by atoms with E-state index in [1.165, 1.54) is 19.3 Å². The summed E-state index contributed by atoms with van der Waals surface area (Å²) in [5.41, 5.74) is 5.76. The molecule has 98 valence electrons. The van der Waals surface area contributed by atoms with Crippen molar-refractivity contribution < 1.29 is 4.79 Å². The zero-order chi connectivity index (χ0) is 12.6. The monoisotopic (exact) mass is 239 g/mol. The van der Waals surface area contributed by atoms with Gasteiger partial charge in [-0.1, -0.05) is 20.3 Å². The van der Waals surface area contributed by atoms with Crippen molar-refractivity contribution in [1.29, 1.82) is 0 Å². The van der Waals surface area contributed by atoms with Crippen LogP contribution in [0.2, 0.25) is 0 Å². The summed E-state index contributed by atoms with van der Waals surface area (Å²) in [4.78, 5) is 16.1. The highest BCUT2D eigenvalue weighted by Crippen LogP contribution is 2.35. The van der Waals surface area contributed by atoms with Crippen molar-refractivity contribution in [2.45, 2.75) is 39.2 Å². The highest BCUT2D eigenvalue weighted by molar-refractivity contribution is 5.77. The number of carbonyl (C=O) groups excluding carboxylic acids is 1. The van der Waals surface area contributed by atoms with Crippen LogP contribution in [0.15, 0.2) is 0 Å². The predicted molar refractivity (Wildman–Crippen MR) is 68.7 cm³/mol. The number of hydrogen-bond donors (Lipinski definition) is 1. The molecular weight excluding hydrogens is 214 g/mol. The fourth-order valence-corrected chi connectivity index (χ4v) is 2.79. The Hall–Kier alpha value is -0.770. The van der Waals surface area contributed by atoms with Crippen molar-refractivity contribution in [1.82, 2.24) is 9.80 Å². The highest BCUT2D eigenvalue weighted by Gasteiger charge is 2.42. The first kappa shape index (κ1) is 12.7. The maximum atomic E-state index is 12.2. The van der Waals surface area contributed by atoms with Crippen LogP contribution in [0.5, 0.6) is 0 Å². The first-order valence-corrected chi connectivity index (χ1v) is 6.66. The molecule has 1 saturated heterocycles. The second kappa shape index (κ2) is 4.48. The number of urea groups is 1. The Bertz CT molecular complexity index is 299. The number of carbonyl (C=O) groups is 1. The number of nitrogens with two attached hydrogens (primary N) is 1. The molecule has 0 aromatic rings. The van der Waals surface area contributed by atoms with Crippen LogP contribution in [0, 0.1) is 11.3 Å². The molecule has 1 unspecified atom stereocenters. The predicted octanol–water partition coefficient (Wildman–Crippen LogP) is 1.51. The Kier molecular flexibility index (Phi) is 3.34. The molecule has 1 saturated carbocycles.